The normalized spacial score (nSPS) is 12.4. The fraction of sp³-hybridized carbons (Fsp3) is 0.562. The Hall–Kier alpha value is -1.96. The molecule has 1 atom stereocenters. The molecule has 24 heavy (non-hydrogen) atoms. The zero-order valence-electron chi connectivity index (χ0n) is 15.1. The van der Waals surface area contributed by atoms with Crippen molar-refractivity contribution < 1.29 is 22.1 Å². The van der Waals surface area contributed by atoms with Crippen LogP contribution in [-0.2, 0) is 16.7 Å². The third-order valence-electron chi connectivity index (χ3n) is 3.57. The third-order valence-corrected chi connectivity index (χ3v) is 4.06. The van der Waals surface area contributed by atoms with E-state index in [2.05, 4.69) is 0 Å². The Morgan fingerprint density at radius 1 is 1.25 bits per heavy atom. The van der Waals surface area contributed by atoms with Crippen molar-refractivity contribution in [2.45, 2.75) is 32.9 Å². The quantitative estimate of drug-likeness (QED) is 0.699. The van der Waals surface area contributed by atoms with Crippen LogP contribution in [0.2, 0.25) is 0 Å². The van der Waals surface area contributed by atoms with Gasteiger partial charge in [-0.15, -0.1) is 0 Å². The first-order chi connectivity index (χ1) is 11.1. The number of amides is 2. The Bertz CT molecular complexity index is 673. The van der Waals surface area contributed by atoms with Gasteiger partial charge in [-0.1, -0.05) is 13.0 Å². The van der Waals surface area contributed by atoms with E-state index < -0.39 is 10.1 Å². The van der Waals surface area contributed by atoms with Gasteiger partial charge in [0.05, 0.1) is 13.4 Å². The number of rotatable bonds is 7. The lowest BCUT2D eigenvalue weighted by atomic mass is 10.1. The molecule has 0 radical (unpaired) electrons. The maximum absolute atomic E-state index is 12.4. The van der Waals surface area contributed by atoms with Crippen LogP contribution in [0.3, 0.4) is 0 Å². The maximum atomic E-state index is 12.4. The summed E-state index contributed by atoms with van der Waals surface area (Å²) >= 11 is 0. The highest BCUT2D eigenvalue weighted by molar-refractivity contribution is 7.86. The molecular formula is C16H26N2O5S. The molecule has 1 rings (SSSR count). The Labute approximate surface area is 144 Å². The molecule has 0 heterocycles. The zero-order valence-corrected chi connectivity index (χ0v) is 15.9. The summed E-state index contributed by atoms with van der Waals surface area (Å²) in [5, 5.41) is 0. The molecule has 7 nitrogen and oxygen atoms in total. The summed E-state index contributed by atoms with van der Waals surface area (Å²) in [4.78, 5) is 15.6. The smallest absolute Gasteiger partial charge is 0.320 e. The number of hydrogen-bond donors (Lipinski definition) is 0. The molecule has 0 unspecified atom stereocenters. The van der Waals surface area contributed by atoms with Gasteiger partial charge in [-0.3, -0.25) is 0 Å². The summed E-state index contributed by atoms with van der Waals surface area (Å²) in [5.74, 6) is 0.428. The Morgan fingerprint density at radius 3 is 2.33 bits per heavy atom. The monoisotopic (exact) mass is 358 g/mol. The minimum Gasteiger partial charge on any atom is -0.493 e. The number of benzene rings is 1. The summed E-state index contributed by atoms with van der Waals surface area (Å²) in [6.07, 6.45) is 1.78. The second-order valence-electron chi connectivity index (χ2n) is 5.83. The van der Waals surface area contributed by atoms with Gasteiger partial charge in [0.25, 0.3) is 0 Å². The average molecular weight is 358 g/mol. The number of nitrogens with zero attached hydrogens (tertiary/aromatic N) is 2. The number of ether oxygens (including phenoxy) is 1. The molecule has 1 aromatic carbocycles. The first-order valence-corrected chi connectivity index (χ1v) is 9.45. The summed E-state index contributed by atoms with van der Waals surface area (Å²) < 4.78 is 32.9. The molecule has 0 saturated heterocycles. The summed E-state index contributed by atoms with van der Waals surface area (Å²) in [5.41, 5.74) is 0.755. The zero-order chi connectivity index (χ0) is 18.5. The second kappa shape index (κ2) is 8.23. The summed E-state index contributed by atoms with van der Waals surface area (Å²) in [6.45, 7) is 4.32. The minimum atomic E-state index is -3.67. The van der Waals surface area contributed by atoms with Crippen molar-refractivity contribution >= 4 is 16.1 Å². The van der Waals surface area contributed by atoms with Gasteiger partial charge >= 0.3 is 16.1 Å². The summed E-state index contributed by atoms with van der Waals surface area (Å²) in [6, 6.07) is 4.93. The van der Waals surface area contributed by atoms with Gasteiger partial charge in [0, 0.05) is 26.7 Å². The lowest BCUT2D eigenvalue weighted by Crippen LogP contribution is -2.43. The first-order valence-electron chi connectivity index (χ1n) is 7.63. The molecule has 1 aromatic rings. The molecule has 0 bridgehead atoms. The Morgan fingerprint density at radius 2 is 1.88 bits per heavy atom. The van der Waals surface area contributed by atoms with E-state index in [1.165, 1.54) is 12.0 Å². The van der Waals surface area contributed by atoms with Crippen LogP contribution in [0.5, 0.6) is 11.5 Å². The fourth-order valence-electron chi connectivity index (χ4n) is 2.13. The van der Waals surface area contributed by atoms with Crippen molar-refractivity contribution in [3.63, 3.8) is 0 Å². The number of carbonyl (C=O) groups is 1. The predicted octanol–water partition coefficient (Wildman–Crippen LogP) is 2.32. The van der Waals surface area contributed by atoms with E-state index >= 15 is 0 Å². The summed E-state index contributed by atoms with van der Waals surface area (Å²) in [7, 11) is 1.16. The van der Waals surface area contributed by atoms with E-state index in [1.54, 1.807) is 37.2 Å². The highest BCUT2D eigenvalue weighted by atomic mass is 32.2. The van der Waals surface area contributed by atoms with E-state index in [-0.39, 0.29) is 17.8 Å². The highest BCUT2D eigenvalue weighted by Crippen LogP contribution is 2.30. The lowest BCUT2D eigenvalue weighted by molar-refractivity contribution is 0.148. The number of methoxy groups -OCH3 is 1. The molecule has 0 fully saturated rings. The SMILES string of the molecule is CC[C@H](C)N(Cc1ccc(OC)c(OS(C)(=O)=O)c1)C(=O)N(C)C. The van der Waals surface area contributed by atoms with Crippen molar-refractivity contribution in [1.29, 1.82) is 0 Å². The van der Waals surface area contributed by atoms with Gasteiger partial charge in [-0.2, -0.15) is 8.42 Å². The second-order valence-corrected chi connectivity index (χ2v) is 7.41. The van der Waals surface area contributed by atoms with Gasteiger partial charge in [-0.25, -0.2) is 4.79 Å². The van der Waals surface area contributed by atoms with Crippen LogP contribution in [0.25, 0.3) is 0 Å². The van der Waals surface area contributed by atoms with Crippen LogP contribution >= 0.6 is 0 Å². The molecular weight excluding hydrogens is 332 g/mol. The van der Waals surface area contributed by atoms with Crippen molar-refractivity contribution in [3.8, 4) is 11.5 Å². The molecule has 0 N–H and O–H groups in total. The van der Waals surface area contributed by atoms with Gasteiger partial charge in [0.2, 0.25) is 0 Å². The Balaban J connectivity index is 3.15. The molecule has 0 spiro atoms. The van der Waals surface area contributed by atoms with Crippen LogP contribution in [0.15, 0.2) is 18.2 Å². The van der Waals surface area contributed by atoms with E-state index in [4.69, 9.17) is 8.92 Å². The average Bonchev–Trinajstić information content (AvgIpc) is 2.49. The van der Waals surface area contributed by atoms with Crippen LogP contribution in [0.1, 0.15) is 25.8 Å². The maximum Gasteiger partial charge on any atom is 0.320 e. The predicted molar refractivity (Wildman–Crippen MR) is 92.8 cm³/mol. The number of hydrogen-bond acceptors (Lipinski definition) is 5. The standard InChI is InChI=1S/C16H26N2O5S/c1-7-12(2)18(16(19)17(3)4)11-13-8-9-14(22-5)15(10-13)23-24(6,20)21/h8-10,12H,7,11H2,1-6H3/t12-/m0/s1. The van der Waals surface area contributed by atoms with E-state index in [0.29, 0.717) is 12.3 Å². The molecule has 0 aliphatic rings. The third kappa shape index (κ3) is 5.59. The van der Waals surface area contributed by atoms with Gasteiger partial charge < -0.3 is 18.7 Å². The minimum absolute atomic E-state index is 0.0428. The largest absolute Gasteiger partial charge is 0.493 e. The first kappa shape index (κ1) is 20.1. The molecule has 0 saturated carbocycles. The van der Waals surface area contributed by atoms with Crippen molar-refractivity contribution in [2.75, 3.05) is 27.5 Å². The molecule has 2 amide bonds. The fourth-order valence-corrected chi connectivity index (χ4v) is 2.59. The molecule has 8 heteroatoms. The van der Waals surface area contributed by atoms with Crippen molar-refractivity contribution in [1.82, 2.24) is 9.80 Å². The van der Waals surface area contributed by atoms with Crippen molar-refractivity contribution in [2.24, 2.45) is 0 Å². The van der Waals surface area contributed by atoms with Crippen LogP contribution in [-0.4, -0.2) is 57.8 Å². The van der Waals surface area contributed by atoms with Crippen LogP contribution in [0, 0.1) is 0 Å². The molecule has 0 aliphatic heterocycles. The van der Waals surface area contributed by atoms with E-state index in [9.17, 15) is 13.2 Å². The lowest BCUT2D eigenvalue weighted by Gasteiger charge is -2.31. The van der Waals surface area contributed by atoms with Crippen LogP contribution < -0.4 is 8.92 Å². The highest BCUT2D eigenvalue weighted by Gasteiger charge is 2.21. The van der Waals surface area contributed by atoms with E-state index in [1.807, 2.05) is 13.8 Å². The van der Waals surface area contributed by atoms with E-state index in [0.717, 1.165) is 18.2 Å². The van der Waals surface area contributed by atoms with Gasteiger partial charge in [0.15, 0.2) is 11.5 Å². The molecule has 0 aliphatic carbocycles. The molecule has 136 valence electrons. The van der Waals surface area contributed by atoms with Gasteiger partial charge in [-0.05, 0) is 31.0 Å². The molecule has 0 aromatic heterocycles. The topological polar surface area (TPSA) is 76.1 Å². The van der Waals surface area contributed by atoms with Crippen molar-refractivity contribution in [3.05, 3.63) is 23.8 Å². The Kier molecular flexibility index (Phi) is 6.89. The number of carbonyl (C=O) groups excluding carboxylic acids is 1. The van der Waals surface area contributed by atoms with Gasteiger partial charge in [0.1, 0.15) is 0 Å². The van der Waals surface area contributed by atoms with Crippen LogP contribution in [0.4, 0.5) is 4.79 Å². The number of urea groups is 1.